The fourth-order valence-electron chi connectivity index (χ4n) is 1.76. The number of Topliss-reactive ketones (excluding diaryl/α,β-unsaturated/α-hetero) is 1. The van der Waals surface area contributed by atoms with Gasteiger partial charge in [-0.1, -0.05) is 25.4 Å². The lowest BCUT2D eigenvalue weighted by Crippen LogP contribution is -2.28. The van der Waals surface area contributed by atoms with E-state index in [0.717, 1.165) is 6.07 Å². The number of halogens is 1. The first kappa shape index (κ1) is 21.1. The molecule has 0 aliphatic heterocycles. The van der Waals surface area contributed by atoms with Crippen molar-refractivity contribution in [3.63, 3.8) is 0 Å². The first-order chi connectivity index (χ1) is 11.5. The number of amides is 1. The molecule has 0 fully saturated rings. The van der Waals surface area contributed by atoms with E-state index < -0.39 is 27.9 Å². The van der Waals surface area contributed by atoms with E-state index in [0.29, 0.717) is 0 Å². The van der Waals surface area contributed by atoms with Gasteiger partial charge in [-0.15, -0.1) is 0 Å². The highest BCUT2D eigenvalue weighted by Crippen LogP contribution is 2.23. The minimum absolute atomic E-state index is 0.0269. The van der Waals surface area contributed by atoms with E-state index in [9.17, 15) is 22.8 Å². The Morgan fingerprint density at radius 1 is 1.24 bits per heavy atom. The van der Waals surface area contributed by atoms with Gasteiger partial charge in [-0.05, 0) is 24.1 Å². The normalized spacial score (nSPS) is 11.4. The number of ketones is 1. The highest BCUT2D eigenvalue weighted by atomic mass is 35.5. The number of nitrogens with two attached hydrogens (primary N) is 1. The summed E-state index contributed by atoms with van der Waals surface area (Å²) in [6.45, 7) is 3.90. The van der Waals surface area contributed by atoms with Crippen LogP contribution in [0.25, 0.3) is 0 Å². The topological polar surface area (TPSA) is 133 Å². The summed E-state index contributed by atoms with van der Waals surface area (Å²) < 4.78 is 31.1. The van der Waals surface area contributed by atoms with Gasteiger partial charge in [0.1, 0.15) is 4.90 Å². The zero-order valence-corrected chi connectivity index (χ0v) is 15.3. The number of benzene rings is 1. The number of hydrogen-bond acceptors (Lipinski definition) is 6. The van der Waals surface area contributed by atoms with Crippen LogP contribution in [0.1, 0.15) is 37.0 Å². The summed E-state index contributed by atoms with van der Waals surface area (Å²) >= 11 is 5.93. The molecule has 3 N–H and O–H groups in total. The Morgan fingerprint density at radius 2 is 1.88 bits per heavy atom. The zero-order valence-electron chi connectivity index (χ0n) is 13.7. The van der Waals surface area contributed by atoms with E-state index in [4.69, 9.17) is 11.6 Å². The second-order valence-corrected chi connectivity index (χ2v) is 7.75. The van der Waals surface area contributed by atoms with Crippen molar-refractivity contribution in [2.24, 2.45) is 11.7 Å². The Morgan fingerprint density at radius 3 is 2.44 bits per heavy atom. The van der Waals surface area contributed by atoms with Gasteiger partial charge in [-0.3, -0.25) is 9.59 Å². The Balaban J connectivity index is 2.91. The molecule has 0 aromatic heterocycles. The number of hydrogen-bond donors (Lipinski definition) is 2. The molecule has 1 aromatic rings. The van der Waals surface area contributed by atoms with Crippen molar-refractivity contribution < 1.29 is 27.5 Å². The van der Waals surface area contributed by atoms with E-state index in [2.05, 4.69) is 15.2 Å². The van der Waals surface area contributed by atoms with Gasteiger partial charge in [0.25, 0.3) is 0 Å². The maximum Gasteiger partial charge on any atom is 0.412 e. The lowest BCUT2D eigenvalue weighted by atomic mass is 10.1. The molecule has 8 nitrogen and oxygen atoms in total. The monoisotopic (exact) mass is 390 g/mol. The number of esters is 1. The molecule has 0 atom stereocenters. The average Bonchev–Trinajstić information content (AvgIpc) is 2.50. The molecule has 0 spiro atoms. The molecule has 0 aliphatic carbocycles. The van der Waals surface area contributed by atoms with Crippen LogP contribution in [0.2, 0.25) is 5.02 Å². The van der Waals surface area contributed by atoms with E-state index in [1.165, 1.54) is 12.1 Å². The smallest absolute Gasteiger partial charge is 0.376 e. The van der Waals surface area contributed by atoms with E-state index in [1.54, 1.807) is 0 Å². The van der Waals surface area contributed by atoms with Crippen molar-refractivity contribution in [1.82, 2.24) is 4.72 Å². The van der Waals surface area contributed by atoms with Crippen LogP contribution in [0.4, 0.5) is 4.79 Å². The predicted molar refractivity (Wildman–Crippen MR) is 90.7 cm³/mol. The molecule has 1 aromatic carbocycles. The third-order valence-electron chi connectivity index (χ3n) is 2.99. The van der Waals surface area contributed by atoms with Gasteiger partial charge in [-0.2, -0.15) is 0 Å². The molecule has 25 heavy (non-hydrogen) atoms. The molecular formula is C15H19ClN2O6S. The van der Waals surface area contributed by atoms with Crippen LogP contribution in [-0.4, -0.2) is 32.8 Å². The van der Waals surface area contributed by atoms with Crippen LogP contribution in [-0.2, 0) is 19.6 Å². The van der Waals surface area contributed by atoms with Gasteiger partial charge in [-0.25, -0.2) is 17.9 Å². The lowest BCUT2D eigenvalue weighted by molar-refractivity contribution is -0.137. The Hall–Kier alpha value is -1.97. The van der Waals surface area contributed by atoms with E-state index >= 15 is 0 Å². The summed E-state index contributed by atoms with van der Waals surface area (Å²) in [6, 6.07) is 3.79. The number of nitrogens with one attached hydrogen (secondary N) is 1. The van der Waals surface area contributed by atoms with Crippen LogP contribution >= 0.6 is 11.6 Å². The molecule has 0 aliphatic rings. The van der Waals surface area contributed by atoms with Crippen molar-refractivity contribution in [3.8, 4) is 0 Å². The first-order valence-electron chi connectivity index (χ1n) is 7.35. The average molecular weight is 391 g/mol. The fourth-order valence-corrected chi connectivity index (χ4v) is 3.50. The van der Waals surface area contributed by atoms with Crippen molar-refractivity contribution in [2.45, 2.75) is 31.6 Å². The van der Waals surface area contributed by atoms with Crippen LogP contribution in [0.15, 0.2) is 23.1 Å². The highest BCUT2D eigenvalue weighted by Gasteiger charge is 2.21. The molecule has 0 bridgehead atoms. The second-order valence-electron chi connectivity index (χ2n) is 5.61. The molecule has 1 amide bonds. The minimum atomic E-state index is -3.88. The summed E-state index contributed by atoms with van der Waals surface area (Å²) in [7, 11) is -3.88. The largest absolute Gasteiger partial charge is 0.412 e. The summed E-state index contributed by atoms with van der Waals surface area (Å²) in [6.07, 6.45) is -1.89. The summed E-state index contributed by atoms with van der Waals surface area (Å²) in [5, 5.41) is -0.0269. The molecule has 0 saturated carbocycles. The molecular weight excluding hydrogens is 372 g/mol. The van der Waals surface area contributed by atoms with E-state index in [-0.39, 0.29) is 40.8 Å². The van der Waals surface area contributed by atoms with Gasteiger partial charge in [0.2, 0.25) is 10.0 Å². The van der Waals surface area contributed by atoms with Crippen LogP contribution < -0.4 is 10.5 Å². The molecule has 138 valence electrons. The molecule has 0 saturated heterocycles. The fraction of sp³-hybridized carbons (Fsp3) is 0.400. The van der Waals surface area contributed by atoms with Gasteiger partial charge < -0.3 is 10.5 Å². The highest BCUT2D eigenvalue weighted by molar-refractivity contribution is 7.89. The van der Waals surface area contributed by atoms with Gasteiger partial charge in [0.05, 0.1) is 11.4 Å². The maximum absolute atomic E-state index is 12.3. The third-order valence-corrected chi connectivity index (χ3v) is 4.90. The summed E-state index contributed by atoms with van der Waals surface area (Å²) in [5.74, 6) is -1.35. The molecule has 0 heterocycles. The van der Waals surface area contributed by atoms with E-state index in [1.807, 2.05) is 13.8 Å². The van der Waals surface area contributed by atoms with Crippen LogP contribution in [0.5, 0.6) is 0 Å². The van der Waals surface area contributed by atoms with Crippen LogP contribution in [0.3, 0.4) is 0 Å². The van der Waals surface area contributed by atoms with Gasteiger partial charge in [0.15, 0.2) is 5.78 Å². The number of carbonyl (C=O) groups is 3. The number of primary amides is 1. The maximum atomic E-state index is 12.3. The number of carbonyl (C=O) groups excluding carboxylic acids is 3. The summed E-state index contributed by atoms with van der Waals surface area (Å²) in [4.78, 5) is 33.5. The summed E-state index contributed by atoms with van der Waals surface area (Å²) in [5.41, 5.74) is 4.76. The van der Waals surface area contributed by atoms with Crippen LogP contribution in [0, 0.1) is 5.92 Å². The quantitative estimate of drug-likeness (QED) is 0.395. The number of ether oxygens (including phenoxy) is 1. The Bertz CT molecular complexity index is 776. The Labute approximate surface area is 150 Å². The molecule has 10 heteroatoms. The van der Waals surface area contributed by atoms with Crippen molar-refractivity contribution in [3.05, 3.63) is 28.8 Å². The molecule has 0 unspecified atom stereocenters. The number of sulfonamides is 1. The third kappa shape index (κ3) is 6.81. The molecule has 1 rings (SSSR count). The zero-order chi connectivity index (χ0) is 19.2. The lowest BCUT2D eigenvalue weighted by Gasteiger charge is -2.11. The predicted octanol–water partition coefficient (Wildman–Crippen LogP) is 1.86. The minimum Gasteiger partial charge on any atom is -0.376 e. The molecule has 0 radical (unpaired) electrons. The van der Waals surface area contributed by atoms with Gasteiger partial charge >= 0.3 is 12.1 Å². The first-order valence-corrected chi connectivity index (χ1v) is 9.21. The Kier molecular flexibility index (Phi) is 7.53. The standard InChI is InChI=1S/C15H19ClN2O6S/c1-9(2)8-18-25(22,23)13-7-10(3-4-11(13)16)12(19)5-6-14(20)24-15(17)21/h3-4,7,9,18H,5-6,8H2,1-2H3,(H2,17,21). The number of rotatable bonds is 8. The van der Waals surface area contributed by atoms with Crippen molar-refractivity contribution in [1.29, 1.82) is 0 Å². The van der Waals surface area contributed by atoms with Gasteiger partial charge in [0, 0.05) is 18.5 Å². The van der Waals surface area contributed by atoms with Crippen molar-refractivity contribution >= 4 is 39.5 Å². The second kappa shape index (κ2) is 8.93. The van der Waals surface area contributed by atoms with Crippen molar-refractivity contribution in [2.75, 3.05) is 6.54 Å². The SMILES string of the molecule is CC(C)CNS(=O)(=O)c1cc(C(=O)CCC(=O)OC(N)=O)ccc1Cl.